The maximum atomic E-state index is 12.1. The van der Waals surface area contributed by atoms with E-state index in [4.69, 9.17) is 11.6 Å². The van der Waals surface area contributed by atoms with Gasteiger partial charge in [0.05, 0.1) is 11.9 Å². The first-order chi connectivity index (χ1) is 14.5. The highest BCUT2D eigenvalue weighted by molar-refractivity contribution is 6.30. The maximum Gasteiger partial charge on any atom is 0.317 e. The van der Waals surface area contributed by atoms with Crippen LogP contribution < -0.4 is 10.6 Å². The fourth-order valence-corrected chi connectivity index (χ4v) is 2.95. The van der Waals surface area contributed by atoms with E-state index < -0.39 is 0 Å². The number of carbonyl (C=O) groups excluding carboxylic acids is 2. The van der Waals surface area contributed by atoms with Crippen LogP contribution in [-0.4, -0.2) is 40.2 Å². The molecule has 0 saturated carbocycles. The summed E-state index contributed by atoms with van der Waals surface area (Å²) in [5, 5.41) is 10.6. The SMILES string of the molecule is CN(Cc1ccccc1)C(=O)NCCC(=O)NCc1cnn(-c2ccc(Cl)cc2)c1. The lowest BCUT2D eigenvalue weighted by molar-refractivity contribution is -0.121. The maximum absolute atomic E-state index is 12.1. The molecule has 3 amide bonds. The minimum Gasteiger partial charge on any atom is -0.352 e. The zero-order chi connectivity index (χ0) is 21.3. The summed E-state index contributed by atoms with van der Waals surface area (Å²) in [4.78, 5) is 25.8. The van der Waals surface area contributed by atoms with Gasteiger partial charge in [0.2, 0.25) is 5.91 Å². The molecule has 3 rings (SSSR count). The lowest BCUT2D eigenvalue weighted by Crippen LogP contribution is -2.38. The molecule has 3 aromatic rings. The molecular weight excluding hydrogens is 402 g/mol. The Labute approximate surface area is 180 Å². The van der Waals surface area contributed by atoms with Gasteiger partial charge in [-0.15, -0.1) is 0 Å². The Hall–Kier alpha value is -3.32. The third-order valence-corrected chi connectivity index (χ3v) is 4.71. The predicted molar refractivity (Wildman–Crippen MR) is 116 cm³/mol. The summed E-state index contributed by atoms with van der Waals surface area (Å²) in [5.41, 5.74) is 2.82. The van der Waals surface area contributed by atoms with E-state index in [9.17, 15) is 9.59 Å². The summed E-state index contributed by atoms with van der Waals surface area (Å²) >= 11 is 5.90. The van der Waals surface area contributed by atoms with Gasteiger partial charge in [-0.2, -0.15) is 5.10 Å². The van der Waals surface area contributed by atoms with Gasteiger partial charge in [0, 0.05) is 49.9 Å². The summed E-state index contributed by atoms with van der Waals surface area (Å²) in [6, 6.07) is 16.9. The third kappa shape index (κ3) is 6.35. The first kappa shape index (κ1) is 21.4. The monoisotopic (exact) mass is 425 g/mol. The van der Waals surface area contributed by atoms with Gasteiger partial charge in [0.1, 0.15) is 0 Å². The second kappa shape index (κ2) is 10.5. The molecule has 2 aromatic carbocycles. The van der Waals surface area contributed by atoms with E-state index in [1.807, 2.05) is 48.7 Å². The first-order valence-electron chi connectivity index (χ1n) is 9.60. The minimum atomic E-state index is -0.212. The average Bonchev–Trinajstić information content (AvgIpc) is 3.22. The van der Waals surface area contributed by atoms with Crippen molar-refractivity contribution in [1.29, 1.82) is 0 Å². The summed E-state index contributed by atoms with van der Waals surface area (Å²) in [6.45, 7) is 1.15. The van der Waals surface area contributed by atoms with Crippen LogP contribution in [-0.2, 0) is 17.9 Å². The molecule has 0 aliphatic heterocycles. The normalized spacial score (nSPS) is 10.5. The predicted octanol–water partition coefficient (Wildman–Crippen LogP) is 3.37. The van der Waals surface area contributed by atoms with E-state index >= 15 is 0 Å². The molecule has 0 fully saturated rings. The number of hydrogen-bond acceptors (Lipinski definition) is 3. The molecule has 0 atom stereocenters. The van der Waals surface area contributed by atoms with Crippen LogP contribution in [0.2, 0.25) is 5.02 Å². The fourth-order valence-electron chi connectivity index (χ4n) is 2.82. The summed E-state index contributed by atoms with van der Waals surface area (Å²) < 4.78 is 1.72. The van der Waals surface area contributed by atoms with Crippen LogP contribution in [0.5, 0.6) is 0 Å². The Morgan fingerprint density at radius 2 is 1.77 bits per heavy atom. The van der Waals surface area contributed by atoms with Crippen molar-refractivity contribution in [2.45, 2.75) is 19.5 Å². The molecule has 2 N–H and O–H groups in total. The van der Waals surface area contributed by atoms with Crippen molar-refractivity contribution >= 4 is 23.5 Å². The largest absolute Gasteiger partial charge is 0.352 e. The quantitative estimate of drug-likeness (QED) is 0.580. The topological polar surface area (TPSA) is 79.3 Å². The molecule has 0 spiro atoms. The van der Waals surface area contributed by atoms with Crippen LogP contribution in [0, 0.1) is 0 Å². The number of aromatic nitrogens is 2. The smallest absolute Gasteiger partial charge is 0.317 e. The number of urea groups is 1. The second-order valence-electron chi connectivity index (χ2n) is 6.87. The molecule has 0 bridgehead atoms. The zero-order valence-corrected chi connectivity index (χ0v) is 17.5. The van der Waals surface area contributed by atoms with Crippen molar-refractivity contribution in [2.75, 3.05) is 13.6 Å². The number of carbonyl (C=O) groups is 2. The minimum absolute atomic E-state index is 0.139. The van der Waals surface area contributed by atoms with Crippen LogP contribution in [0.15, 0.2) is 67.0 Å². The highest BCUT2D eigenvalue weighted by atomic mass is 35.5. The Morgan fingerprint density at radius 3 is 2.50 bits per heavy atom. The van der Waals surface area contributed by atoms with E-state index in [0.717, 1.165) is 16.8 Å². The molecule has 0 radical (unpaired) electrons. The van der Waals surface area contributed by atoms with Gasteiger partial charge >= 0.3 is 6.03 Å². The average molecular weight is 426 g/mol. The van der Waals surface area contributed by atoms with Crippen LogP contribution in [0.25, 0.3) is 5.69 Å². The van der Waals surface area contributed by atoms with Crippen LogP contribution in [0.3, 0.4) is 0 Å². The Kier molecular flexibility index (Phi) is 7.45. The van der Waals surface area contributed by atoms with Gasteiger partial charge in [-0.1, -0.05) is 41.9 Å². The van der Waals surface area contributed by atoms with Crippen LogP contribution in [0.4, 0.5) is 4.79 Å². The molecule has 30 heavy (non-hydrogen) atoms. The number of nitrogens with one attached hydrogen (secondary N) is 2. The van der Waals surface area contributed by atoms with Gasteiger partial charge in [-0.05, 0) is 29.8 Å². The van der Waals surface area contributed by atoms with Gasteiger partial charge in [-0.3, -0.25) is 4.79 Å². The van der Waals surface area contributed by atoms with E-state index in [1.54, 1.807) is 35.0 Å². The number of amides is 3. The second-order valence-corrected chi connectivity index (χ2v) is 7.31. The highest BCUT2D eigenvalue weighted by Gasteiger charge is 2.10. The summed E-state index contributed by atoms with van der Waals surface area (Å²) in [7, 11) is 1.72. The zero-order valence-electron chi connectivity index (χ0n) is 16.7. The highest BCUT2D eigenvalue weighted by Crippen LogP contribution is 2.13. The van der Waals surface area contributed by atoms with Crippen molar-refractivity contribution < 1.29 is 9.59 Å². The number of benzene rings is 2. The lowest BCUT2D eigenvalue weighted by atomic mass is 10.2. The molecule has 156 valence electrons. The van der Waals surface area contributed by atoms with Gasteiger partial charge in [-0.25, -0.2) is 9.48 Å². The Bertz CT molecular complexity index is 973. The molecular formula is C22H24ClN5O2. The third-order valence-electron chi connectivity index (χ3n) is 4.45. The molecule has 0 saturated heterocycles. The molecule has 8 heteroatoms. The van der Waals surface area contributed by atoms with Gasteiger partial charge in [0.15, 0.2) is 0 Å². The van der Waals surface area contributed by atoms with Crippen LogP contribution >= 0.6 is 11.6 Å². The van der Waals surface area contributed by atoms with Gasteiger partial charge in [0.25, 0.3) is 0 Å². The van der Waals surface area contributed by atoms with Crippen LogP contribution in [0.1, 0.15) is 17.5 Å². The molecule has 0 aliphatic carbocycles. The summed E-state index contributed by atoms with van der Waals surface area (Å²) in [5.74, 6) is -0.139. The van der Waals surface area contributed by atoms with E-state index in [0.29, 0.717) is 18.1 Å². The van der Waals surface area contributed by atoms with Crippen molar-refractivity contribution in [1.82, 2.24) is 25.3 Å². The first-order valence-corrected chi connectivity index (χ1v) is 9.98. The Morgan fingerprint density at radius 1 is 1.03 bits per heavy atom. The van der Waals surface area contributed by atoms with Crippen molar-refractivity contribution in [3.8, 4) is 5.69 Å². The van der Waals surface area contributed by atoms with E-state index in [-0.39, 0.29) is 24.9 Å². The molecule has 7 nitrogen and oxygen atoms in total. The Balaban J connectivity index is 1.37. The summed E-state index contributed by atoms with van der Waals surface area (Å²) in [6.07, 6.45) is 3.76. The lowest BCUT2D eigenvalue weighted by Gasteiger charge is -2.18. The van der Waals surface area contributed by atoms with E-state index in [1.165, 1.54) is 0 Å². The number of halogens is 1. The number of nitrogens with zero attached hydrogens (tertiary/aromatic N) is 3. The number of rotatable bonds is 8. The molecule has 0 unspecified atom stereocenters. The van der Waals surface area contributed by atoms with Crippen molar-refractivity contribution in [2.24, 2.45) is 0 Å². The fraction of sp³-hybridized carbons (Fsp3) is 0.227. The number of hydrogen-bond donors (Lipinski definition) is 2. The standard InChI is InChI=1S/C22H24ClN5O2/c1-27(15-17-5-3-2-4-6-17)22(30)24-12-11-21(29)25-13-18-14-26-28(16-18)20-9-7-19(23)8-10-20/h2-10,14,16H,11-13,15H2,1H3,(H,24,30)(H,25,29). The van der Waals surface area contributed by atoms with Crippen molar-refractivity contribution in [3.63, 3.8) is 0 Å². The van der Waals surface area contributed by atoms with Crippen molar-refractivity contribution in [3.05, 3.63) is 83.1 Å². The molecule has 1 aromatic heterocycles. The molecule has 1 heterocycles. The van der Waals surface area contributed by atoms with E-state index in [2.05, 4.69) is 15.7 Å². The molecule has 0 aliphatic rings. The van der Waals surface area contributed by atoms with Gasteiger partial charge < -0.3 is 15.5 Å².